The molecule has 1 atom stereocenters. The van der Waals surface area contributed by atoms with E-state index in [1.54, 1.807) is 11.3 Å². The molecule has 2 rings (SSSR count). The number of nitrogens with zero attached hydrogens (tertiary/aromatic N) is 1. The number of carbonyl (C=O) groups is 1. The fourth-order valence-corrected chi connectivity index (χ4v) is 3.34. The molecule has 0 bridgehead atoms. The summed E-state index contributed by atoms with van der Waals surface area (Å²) in [6.07, 6.45) is 1.20. The van der Waals surface area contributed by atoms with E-state index in [9.17, 15) is 4.79 Å². The van der Waals surface area contributed by atoms with Crippen molar-refractivity contribution in [2.24, 2.45) is 0 Å². The van der Waals surface area contributed by atoms with Crippen molar-refractivity contribution in [3.05, 3.63) is 51.5 Å². The lowest BCUT2D eigenvalue weighted by molar-refractivity contribution is -0.122. The number of benzene rings is 1. The van der Waals surface area contributed by atoms with Gasteiger partial charge in [0, 0.05) is 17.9 Å². The van der Waals surface area contributed by atoms with Gasteiger partial charge in [-0.05, 0) is 32.8 Å². The molecule has 1 unspecified atom stereocenters. The lowest BCUT2D eigenvalue weighted by Gasteiger charge is -2.13. The van der Waals surface area contributed by atoms with Crippen LogP contribution in [0.2, 0.25) is 0 Å². The second-order valence-corrected chi connectivity index (χ2v) is 7.01. The van der Waals surface area contributed by atoms with Crippen LogP contribution in [-0.4, -0.2) is 17.5 Å². The van der Waals surface area contributed by atoms with Crippen LogP contribution in [0.25, 0.3) is 0 Å². The molecule has 0 radical (unpaired) electrons. The van der Waals surface area contributed by atoms with Crippen molar-refractivity contribution in [1.82, 2.24) is 10.3 Å². The average molecular weight is 332 g/mol. The van der Waals surface area contributed by atoms with Gasteiger partial charge < -0.3 is 10.1 Å². The third-order valence-corrected chi connectivity index (χ3v) is 4.43. The SMILES string of the molecule is Cc1nc(C(C)NC(=O)CCCOCc2ccccc2)c(C)s1. The highest BCUT2D eigenvalue weighted by molar-refractivity contribution is 7.11. The molecular formula is C18H24N2O2S. The molecule has 0 saturated heterocycles. The number of carbonyl (C=O) groups excluding carboxylic acids is 1. The quantitative estimate of drug-likeness (QED) is 0.745. The Bertz CT molecular complexity index is 625. The zero-order chi connectivity index (χ0) is 16.7. The van der Waals surface area contributed by atoms with Crippen molar-refractivity contribution in [1.29, 1.82) is 0 Å². The molecule has 23 heavy (non-hydrogen) atoms. The first-order valence-corrected chi connectivity index (χ1v) is 8.73. The fraction of sp³-hybridized carbons (Fsp3) is 0.444. The maximum Gasteiger partial charge on any atom is 0.220 e. The number of aryl methyl sites for hydroxylation is 2. The Morgan fingerprint density at radius 3 is 2.70 bits per heavy atom. The molecule has 0 spiro atoms. The van der Waals surface area contributed by atoms with Gasteiger partial charge in [-0.25, -0.2) is 4.98 Å². The van der Waals surface area contributed by atoms with Gasteiger partial charge in [0.1, 0.15) is 0 Å². The van der Waals surface area contributed by atoms with Crippen LogP contribution < -0.4 is 5.32 Å². The van der Waals surface area contributed by atoms with Crippen molar-refractivity contribution < 1.29 is 9.53 Å². The first kappa shape index (κ1) is 17.6. The van der Waals surface area contributed by atoms with Crippen molar-refractivity contribution in [2.45, 2.75) is 46.3 Å². The zero-order valence-corrected chi connectivity index (χ0v) is 14.8. The van der Waals surface area contributed by atoms with Crippen LogP contribution in [-0.2, 0) is 16.1 Å². The second kappa shape index (κ2) is 8.79. The van der Waals surface area contributed by atoms with E-state index >= 15 is 0 Å². The van der Waals surface area contributed by atoms with Gasteiger partial charge in [0.25, 0.3) is 0 Å². The summed E-state index contributed by atoms with van der Waals surface area (Å²) in [6.45, 7) is 7.19. The summed E-state index contributed by atoms with van der Waals surface area (Å²) >= 11 is 1.66. The minimum Gasteiger partial charge on any atom is -0.377 e. The van der Waals surface area contributed by atoms with Gasteiger partial charge in [-0.15, -0.1) is 11.3 Å². The molecule has 0 aliphatic rings. The summed E-state index contributed by atoms with van der Waals surface area (Å²) in [5.74, 6) is 0.0471. The molecule has 1 amide bonds. The molecule has 2 aromatic rings. The highest BCUT2D eigenvalue weighted by Gasteiger charge is 2.15. The van der Waals surface area contributed by atoms with Crippen LogP contribution in [0, 0.1) is 13.8 Å². The topological polar surface area (TPSA) is 51.2 Å². The number of aromatic nitrogens is 1. The Morgan fingerprint density at radius 1 is 1.30 bits per heavy atom. The first-order chi connectivity index (χ1) is 11.1. The summed E-state index contributed by atoms with van der Waals surface area (Å²) in [7, 11) is 0. The van der Waals surface area contributed by atoms with Gasteiger partial charge in [0.05, 0.1) is 23.4 Å². The van der Waals surface area contributed by atoms with E-state index < -0.39 is 0 Å². The Labute approximate surface area is 141 Å². The minimum absolute atomic E-state index is 0.0438. The normalized spacial score (nSPS) is 12.1. The molecule has 0 aliphatic heterocycles. The van der Waals surface area contributed by atoms with Crippen molar-refractivity contribution in [2.75, 3.05) is 6.61 Å². The van der Waals surface area contributed by atoms with E-state index in [0.717, 1.165) is 22.7 Å². The van der Waals surface area contributed by atoms with Gasteiger partial charge in [-0.1, -0.05) is 30.3 Å². The Morgan fingerprint density at radius 2 is 2.04 bits per heavy atom. The van der Waals surface area contributed by atoms with Crippen molar-refractivity contribution in [3.63, 3.8) is 0 Å². The predicted octanol–water partition coefficient (Wildman–Crippen LogP) is 3.93. The van der Waals surface area contributed by atoms with E-state index in [-0.39, 0.29) is 11.9 Å². The number of hydrogen-bond acceptors (Lipinski definition) is 4. The molecule has 4 nitrogen and oxygen atoms in total. The van der Waals surface area contributed by atoms with E-state index in [1.807, 2.05) is 51.1 Å². The monoisotopic (exact) mass is 332 g/mol. The lowest BCUT2D eigenvalue weighted by Crippen LogP contribution is -2.27. The molecule has 1 aromatic heterocycles. The van der Waals surface area contributed by atoms with Crippen LogP contribution >= 0.6 is 11.3 Å². The number of amides is 1. The summed E-state index contributed by atoms with van der Waals surface area (Å²) in [4.78, 5) is 17.6. The summed E-state index contributed by atoms with van der Waals surface area (Å²) in [5, 5.41) is 4.04. The summed E-state index contributed by atoms with van der Waals surface area (Å²) in [6, 6.07) is 10.0. The smallest absolute Gasteiger partial charge is 0.220 e. The van der Waals surface area contributed by atoms with Crippen LogP contribution in [0.4, 0.5) is 0 Å². The van der Waals surface area contributed by atoms with Gasteiger partial charge in [-0.2, -0.15) is 0 Å². The lowest BCUT2D eigenvalue weighted by atomic mass is 10.2. The molecule has 5 heteroatoms. The molecular weight excluding hydrogens is 308 g/mol. The maximum absolute atomic E-state index is 12.0. The maximum atomic E-state index is 12.0. The zero-order valence-electron chi connectivity index (χ0n) is 14.0. The van der Waals surface area contributed by atoms with Crippen LogP contribution in [0.15, 0.2) is 30.3 Å². The largest absolute Gasteiger partial charge is 0.377 e. The molecule has 0 aliphatic carbocycles. The van der Waals surface area contributed by atoms with E-state index in [1.165, 1.54) is 4.88 Å². The van der Waals surface area contributed by atoms with Crippen molar-refractivity contribution in [3.8, 4) is 0 Å². The van der Waals surface area contributed by atoms with Crippen molar-refractivity contribution >= 4 is 17.2 Å². The standard InChI is InChI=1S/C18H24N2O2S/c1-13(18-14(2)23-15(3)20-18)19-17(21)10-7-11-22-12-16-8-5-4-6-9-16/h4-6,8-9,13H,7,10-12H2,1-3H3,(H,19,21). The minimum atomic E-state index is -0.0438. The Kier molecular flexibility index (Phi) is 6.74. The number of ether oxygens (including phenoxy) is 1. The second-order valence-electron chi connectivity index (χ2n) is 5.61. The molecule has 1 heterocycles. The number of rotatable bonds is 8. The molecule has 0 saturated carbocycles. The van der Waals surface area contributed by atoms with Crippen LogP contribution in [0.1, 0.15) is 46.9 Å². The number of nitrogens with one attached hydrogen (secondary N) is 1. The van der Waals surface area contributed by atoms with Gasteiger partial charge in [-0.3, -0.25) is 4.79 Å². The van der Waals surface area contributed by atoms with Crippen LogP contribution in [0.5, 0.6) is 0 Å². The van der Waals surface area contributed by atoms with E-state index in [0.29, 0.717) is 19.6 Å². The van der Waals surface area contributed by atoms with E-state index in [2.05, 4.69) is 10.3 Å². The van der Waals surface area contributed by atoms with Gasteiger partial charge in [0.15, 0.2) is 0 Å². The molecule has 0 fully saturated rings. The van der Waals surface area contributed by atoms with Gasteiger partial charge in [0.2, 0.25) is 5.91 Å². The Balaban J connectivity index is 1.64. The van der Waals surface area contributed by atoms with Crippen LogP contribution in [0.3, 0.4) is 0 Å². The first-order valence-electron chi connectivity index (χ1n) is 7.91. The number of hydrogen-bond donors (Lipinski definition) is 1. The summed E-state index contributed by atoms with van der Waals surface area (Å²) in [5.41, 5.74) is 2.13. The molecule has 1 aromatic carbocycles. The fourth-order valence-electron chi connectivity index (χ4n) is 2.43. The van der Waals surface area contributed by atoms with Gasteiger partial charge >= 0.3 is 0 Å². The predicted molar refractivity (Wildman–Crippen MR) is 93.5 cm³/mol. The molecule has 1 N–H and O–H groups in total. The Hall–Kier alpha value is -1.72. The third kappa shape index (κ3) is 5.77. The highest BCUT2D eigenvalue weighted by Crippen LogP contribution is 2.22. The highest BCUT2D eigenvalue weighted by atomic mass is 32.1. The van der Waals surface area contributed by atoms with E-state index in [4.69, 9.17) is 4.74 Å². The average Bonchev–Trinajstić information content (AvgIpc) is 2.86. The number of thiazole rings is 1. The molecule has 124 valence electrons. The summed E-state index contributed by atoms with van der Waals surface area (Å²) < 4.78 is 5.59. The third-order valence-electron chi connectivity index (χ3n) is 3.53.